The third kappa shape index (κ3) is 5.60. The van der Waals surface area contributed by atoms with Gasteiger partial charge in [-0.3, -0.25) is 4.79 Å². The Balaban J connectivity index is 1.06. The molecule has 0 unspecified atom stereocenters. The number of ether oxygens (including phenoxy) is 1. The molecule has 0 radical (unpaired) electrons. The number of anilines is 2. The first kappa shape index (κ1) is 27.5. The van der Waals surface area contributed by atoms with Crippen LogP contribution in [-0.4, -0.2) is 82.3 Å². The lowest BCUT2D eigenvalue weighted by atomic mass is 9.94. The standard InChI is InChI=1S/C28H34F2N8O3/c1-2-38(19-7-9-36(10-8-19)28-34-25(35-41-28)24-4-3-11-40-24)26(39)17-13-32-27(33-14-17)37-15-21(23(31)16-37)20-12-18(29)5-6-22(20)30/h5-6,12-14,19,21,23-24H,2-4,7-11,15-16,31H2,1H3/t21-,23+,24+/m1/s1. The number of piperidine rings is 1. The number of halogens is 2. The molecule has 1 aromatic carbocycles. The van der Waals surface area contributed by atoms with Crippen molar-refractivity contribution in [2.75, 3.05) is 49.1 Å². The van der Waals surface area contributed by atoms with Crippen molar-refractivity contribution in [2.24, 2.45) is 5.73 Å². The van der Waals surface area contributed by atoms with Gasteiger partial charge in [0.15, 0.2) is 0 Å². The van der Waals surface area contributed by atoms with E-state index in [9.17, 15) is 13.6 Å². The van der Waals surface area contributed by atoms with E-state index in [2.05, 4.69) is 25.0 Å². The van der Waals surface area contributed by atoms with Crippen LogP contribution >= 0.6 is 0 Å². The van der Waals surface area contributed by atoms with Crippen molar-refractivity contribution in [3.8, 4) is 0 Å². The number of hydrogen-bond donors (Lipinski definition) is 1. The van der Waals surface area contributed by atoms with Crippen molar-refractivity contribution >= 4 is 17.9 Å². The molecule has 3 saturated heterocycles. The third-order valence-corrected chi connectivity index (χ3v) is 8.32. The van der Waals surface area contributed by atoms with Crippen molar-refractivity contribution in [2.45, 2.75) is 56.7 Å². The third-order valence-electron chi connectivity index (χ3n) is 8.32. The van der Waals surface area contributed by atoms with Gasteiger partial charge in [0.2, 0.25) is 11.8 Å². The molecule has 3 atom stereocenters. The first-order valence-electron chi connectivity index (χ1n) is 14.2. The van der Waals surface area contributed by atoms with E-state index in [1.165, 1.54) is 18.5 Å². The number of carbonyl (C=O) groups excluding carboxylic acids is 1. The smallest absolute Gasteiger partial charge is 0.324 e. The highest BCUT2D eigenvalue weighted by Crippen LogP contribution is 2.31. The Kier molecular flexibility index (Phi) is 7.80. The van der Waals surface area contributed by atoms with Crippen LogP contribution in [0.5, 0.6) is 0 Å². The van der Waals surface area contributed by atoms with Crippen LogP contribution < -0.4 is 15.5 Å². The van der Waals surface area contributed by atoms with E-state index in [0.717, 1.165) is 44.4 Å². The SMILES string of the molecule is CCN(C(=O)c1cnc(N2C[C@H](c3cc(F)ccc3F)[C@@H](N)C2)nc1)C1CCN(c2nc([C@@H]3CCCO3)no2)CC1. The average molecular weight is 569 g/mol. The fourth-order valence-electron chi connectivity index (χ4n) is 6.08. The Morgan fingerprint density at radius 3 is 2.61 bits per heavy atom. The van der Waals surface area contributed by atoms with E-state index in [0.29, 0.717) is 56.1 Å². The van der Waals surface area contributed by atoms with Gasteiger partial charge in [-0.2, -0.15) is 4.98 Å². The molecule has 3 aliphatic rings. The minimum Gasteiger partial charge on any atom is -0.370 e. The number of carbonyl (C=O) groups is 1. The van der Waals surface area contributed by atoms with Crippen molar-refractivity contribution < 1.29 is 22.8 Å². The minimum absolute atomic E-state index is 0.0579. The molecule has 0 bridgehead atoms. The van der Waals surface area contributed by atoms with E-state index < -0.39 is 23.6 Å². The molecule has 41 heavy (non-hydrogen) atoms. The topological polar surface area (TPSA) is 127 Å². The van der Waals surface area contributed by atoms with Crippen molar-refractivity contribution in [1.29, 1.82) is 0 Å². The lowest BCUT2D eigenvalue weighted by Crippen LogP contribution is -2.47. The normalized spacial score (nSPS) is 23.4. The van der Waals surface area contributed by atoms with Crippen LogP contribution in [0.25, 0.3) is 0 Å². The van der Waals surface area contributed by atoms with Gasteiger partial charge >= 0.3 is 6.01 Å². The molecule has 1 amide bonds. The van der Waals surface area contributed by atoms with Crippen LogP contribution in [-0.2, 0) is 4.74 Å². The summed E-state index contributed by atoms with van der Waals surface area (Å²) >= 11 is 0. The quantitative estimate of drug-likeness (QED) is 0.454. The lowest BCUT2D eigenvalue weighted by Gasteiger charge is -2.37. The highest BCUT2D eigenvalue weighted by Gasteiger charge is 2.35. The lowest BCUT2D eigenvalue weighted by molar-refractivity contribution is 0.0661. The van der Waals surface area contributed by atoms with Crippen LogP contribution in [0.4, 0.5) is 20.7 Å². The van der Waals surface area contributed by atoms with Gasteiger partial charge < -0.3 is 29.7 Å². The molecule has 0 aliphatic carbocycles. The molecule has 2 aromatic heterocycles. The van der Waals surface area contributed by atoms with Crippen LogP contribution in [0.2, 0.25) is 0 Å². The van der Waals surface area contributed by atoms with Gasteiger partial charge in [-0.25, -0.2) is 18.7 Å². The van der Waals surface area contributed by atoms with E-state index in [1.807, 2.05) is 16.7 Å². The van der Waals surface area contributed by atoms with E-state index >= 15 is 0 Å². The summed E-state index contributed by atoms with van der Waals surface area (Å²) in [6.07, 6.45) is 6.38. The number of aromatic nitrogens is 4. The van der Waals surface area contributed by atoms with Crippen LogP contribution in [0, 0.1) is 11.6 Å². The molecule has 5 heterocycles. The zero-order valence-corrected chi connectivity index (χ0v) is 23.0. The van der Waals surface area contributed by atoms with Crippen molar-refractivity contribution in [1.82, 2.24) is 25.0 Å². The van der Waals surface area contributed by atoms with E-state index in [1.54, 1.807) is 0 Å². The molecule has 13 heteroatoms. The fourth-order valence-corrected chi connectivity index (χ4v) is 6.08. The Labute approximate surface area is 236 Å². The molecule has 3 fully saturated rings. The van der Waals surface area contributed by atoms with Crippen LogP contribution in [0.1, 0.15) is 66.4 Å². The monoisotopic (exact) mass is 568 g/mol. The zero-order valence-electron chi connectivity index (χ0n) is 23.0. The van der Waals surface area contributed by atoms with Crippen LogP contribution in [0.3, 0.4) is 0 Å². The number of benzene rings is 1. The maximum atomic E-state index is 14.4. The highest BCUT2D eigenvalue weighted by atomic mass is 19.1. The molecule has 6 rings (SSSR count). The summed E-state index contributed by atoms with van der Waals surface area (Å²) < 4.78 is 39.3. The first-order chi connectivity index (χ1) is 19.9. The Morgan fingerprint density at radius 2 is 1.90 bits per heavy atom. The molecule has 3 aromatic rings. The van der Waals surface area contributed by atoms with Crippen LogP contribution in [0.15, 0.2) is 35.1 Å². The van der Waals surface area contributed by atoms with Crippen molar-refractivity contribution in [3.63, 3.8) is 0 Å². The molecular formula is C28H34F2N8O3. The van der Waals surface area contributed by atoms with E-state index in [4.69, 9.17) is 15.0 Å². The molecule has 2 N–H and O–H groups in total. The second kappa shape index (κ2) is 11.6. The highest BCUT2D eigenvalue weighted by molar-refractivity contribution is 5.94. The molecule has 0 saturated carbocycles. The van der Waals surface area contributed by atoms with Gasteiger partial charge in [0.1, 0.15) is 17.7 Å². The fraction of sp³-hybridized carbons (Fsp3) is 0.536. The Morgan fingerprint density at radius 1 is 1.12 bits per heavy atom. The Bertz CT molecular complexity index is 1360. The summed E-state index contributed by atoms with van der Waals surface area (Å²) in [6.45, 7) is 5.37. The van der Waals surface area contributed by atoms with Gasteiger partial charge in [0.05, 0.1) is 5.56 Å². The number of hydrogen-bond acceptors (Lipinski definition) is 10. The van der Waals surface area contributed by atoms with Crippen molar-refractivity contribution in [3.05, 3.63) is 59.2 Å². The Hall–Kier alpha value is -3.71. The van der Waals surface area contributed by atoms with Gasteiger partial charge in [-0.15, -0.1) is 0 Å². The minimum atomic E-state index is -0.504. The van der Waals surface area contributed by atoms with E-state index in [-0.39, 0.29) is 23.6 Å². The number of amides is 1. The zero-order chi connectivity index (χ0) is 28.5. The second-order valence-corrected chi connectivity index (χ2v) is 10.9. The maximum absolute atomic E-state index is 14.4. The molecule has 3 aliphatic heterocycles. The molecular weight excluding hydrogens is 534 g/mol. The molecule has 11 nitrogen and oxygen atoms in total. The summed E-state index contributed by atoms with van der Waals surface area (Å²) in [5.41, 5.74) is 6.93. The molecule has 0 spiro atoms. The van der Waals surface area contributed by atoms with Gasteiger partial charge in [0, 0.05) is 69.7 Å². The molecule has 218 valence electrons. The number of nitrogens with zero attached hydrogens (tertiary/aromatic N) is 7. The number of nitrogens with two attached hydrogens (primary N) is 1. The predicted molar refractivity (Wildman–Crippen MR) is 145 cm³/mol. The maximum Gasteiger partial charge on any atom is 0.324 e. The summed E-state index contributed by atoms with van der Waals surface area (Å²) in [7, 11) is 0. The average Bonchev–Trinajstić information content (AvgIpc) is 3.77. The summed E-state index contributed by atoms with van der Waals surface area (Å²) in [6, 6.07) is 3.55. The summed E-state index contributed by atoms with van der Waals surface area (Å²) in [5, 5.41) is 4.10. The summed E-state index contributed by atoms with van der Waals surface area (Å²) in [4.78, 5) is 32.6. The largest absolute Gasteiger partial charge is 0.370 e. The first-order valence-corrected chi connectivity index (χ1v) is 14.2. The van der Waals surface area contributed by atoms with Gasteiger partial charge in [-0.05, 0) is 56.4 Å². The van der Waals surface area contributed by atoms with Gasteiger partial charge in [-0.1, -0.05) is 5.16 Å². The second-order valence-electron chi connectivity index (χ2n) is 10.9. The summed E-state index contributed by atoms with van der Waals surface area (Å²) in [5.74, 6) is -0.520. The van der Waals surface area contributed by atoms with Gasteiger partial charge in [0.25, 0.3) is 5.91 Å². The number of rotatable bonds is 7. The predicted octanol–water partition coefficient (Wildman–Crippen LogP) is 3.05.